The summed E-state index contributed by atoms with van der Waals surface area (Å²) in [7, 11) is 2.10. The SMILES string of the molecule is CC(N)C(=O)Nc1cccc(Sc2cnc(N3CCN(C)CC3)nc2Oc2cccnc2)n1. The minimum Gasteiger partial charge on any atom is -0.436 e. The third kappa shape index (κ3) is 6.15. The summed E-state index contributed by atoms with van der Waals surface area (Å²) in [5.41, 5.74) is 5.63. The summed E-state index contributed by atoms with van der Waals surface area (Å²) < 4.78 is 6.08. The van der Waals surface area contributed by atoms with Crippen molar-refractivity contribution in [1.82, 2.24) is 24.8 Å². The molecule has 33 heavy (non-hydrogen) atoms. The van der Waals surface area contributed by atoms with E-state index in [1.807, 2.05) is 18.2 Å². The molecule has 1 saturated heterocycles. The molecule has 1 amide bonds. The predicted molar refractivity (Wildman–Crippen MR) is 127 cm³/mol. The zero-order chi connectivity index (χ0) is 23.2. The third-order valence-corrected chi connectivity index (χ3v) is 5.88. The van der Waals surface area contributed by atoms with Crippen LogP contribution in [0.25, 0.3) is 0 Å². The van der Waals surface area contributed by atoms with Gasteiger partial charge in [-0.3, -0.25) is 9.78 Å². The van der Waals surface area contributed by atoms with Crippen LogP contribution in [-0.2, 0) is 4.79 Å². The molecular formula is C22H26N8O2S. The smallest absolute Gasteiger partial charge is 0.242 e. The monoisotopic (exact) mass is 466 g/mol. The topological polar surface area (TPSA) is 122 Å². The third-order valence-electron chi connectivity index (χ3n) is 4.95. The predicted octanol–water partition coefficient (Wildman–Crippen LogP) is 2.25. The van der Waals surface area contributed by atoms with Crippen LogP contribution in [0.5, 0.6) is 11.6 Å². The molecule has 0 aromatic carbocycles. The van der Waals surface area contributed by atoms with E-state index in [0.29, 0.717) is 33.3 Å². The summed E-state index contributed by atoms with van der Waals surface area (Å²) in [5.74, 6) is 1.74. The second kappa shape index (κ2) is 10.6. The van der Waals surface area contributed by atoms with Crippen molar-refractivity contribution in [2.45, 2.75) is 22.9 Å². The molecule has 172 valence electrons. The molecular weight excluding hydrogens is 440 g/mol. The van der Waals surface area contributed by atoms with Gasteiger partial charge in [0.25, 0.3) is 0 Å². The van der Waals surface area contributed by atoms with Gasteiger partial charge in [0.1, 0.15) is 16.6 Å². The molecule has 1 aliphatic rings. The lowest BCUT2D eigenvalue weighted by atomic mass is 10.3. The second-order valence-electron chi connectivity index (χ2n) is 7.66. The number of rotatable bonds is 7. The molecule has 4 rings (SSSR count). The highest BCUT2D eigenvalue weighted by molar-refractivity contribution is 7.99. The first-order valence-corrected chi connectivity index (χ1v) is 11.4. The largest absolute Gasteiger partial charge is 0.436 e. The maximum atomic E-state index is 11.9. The summed E-state index contributed by atoms with van der Waals surface area (Å²) in [6.45, 7) is 5.20. The highest BCUT2D eigenvalue weighted by atomic mass is 32.2. The lowest BCUT2D eigenvalue weighted by Gasteiger charge is -2.32. The maximum Gasteiger partial charge on any atom is 0.242 e. The fourth-order valence-corrected chi connectivity index (χ4v) is 3.86. The second-order valence-corrected chi connectivity index (χ2v) is 8.72. The lowest BCUT2D eigenvalue weighted by molar-refractivity contribution is -0.117. The number of anilines is 2. The normalized spacial score (nSPS) is 15.2. The van der Waals surface area contributed by atoms with E-state index < -0.39 is 6.04 Å². The summed E-state index contributed by atoms with van der Waals surface area (Å²) in [4.78, 5) is 34.9. The summed E-state index contributed by atoms with van der Waals surface area (Å²) >= 11 is 1.35. The van der Waals surface area contributed by atoms with Crippen LogP contribution in [-0.4, -0.2) is 70.0 Å². The Labute approximate surface area is 196 Å². The number of hydrogen-bond donors (Lipinski definition) is 2. The van der Waals surface area contributed by atoms with E-state index in [1.165, 1.54) is 11.8 Å². The van der Waals surface area contributed by atoms with Crippen molar-refractivity contribution >= 4 is 29.4 Å². The first-order chi connectivity index (χ1) is 16.0. The van der Waals surface area contributed by atoms with Crippen molar-refractivity contribution in [2.24, 2.45) is 5.73 Å². The summed E-state index contributed by atoms with van der Waals surface area (Å²) in [6.07, 6.45) is 5.06. The molecule has 0 aliphatic carbocycles. The van der Waals surface area contributed by atoms with Crippen molar-refractivity contribution < 1.29 is 9.53 Å². The molecule has 3 N–H and O–H groups in total. The Morgan fingerprint density at radius 2 is 1.97 bits per heavy atom. The minimum atomic E-state index is -0.627. The number of nitrogens with two attached hydrogens (primary N) is 1. The van der Waals surface area contributed by atoms with E-state index in [-0.39, 0.29) is 5.91 Å². The molecule has 1 fully saturated rings. The van der Waals surface area contributed by atoms with Gasteiger partial charge in [-0.05, 0) is 38.2 Å². The highest BCUT2D eigenvalue weighted by Crippen LogP contribution is 2.36. The van der Waals surface area contributed by atoms with Crippen molar-refractivity contribution in [1.29, 1.82) is 0 Å². The fourth-order valence-electron chi connectivity index (χ4n) is 3.06. The summed E-state index contributed by atoms with van der Waals surface area (Å²) in [5, 5.41) is 3.36. The van der Waals surface area contributed by atoms with Gasteiger partial charge < -0.3 is 25.6 Å². The molecule has 4 heterocycles. The standard InChI is InChI=1S/C22H26N8O2S/c1-15(23)20(31)27-18-6-3-7-19(26-18)33-17-14-25-22(30-11-9-29(2)10-12-30)28-21(17)32-16-5-4-8-24-13-16/h3-8,13-15H,9-12,23H2,1-2H3,(H,26,27,31). The van der Waals surface area contributed by atoms with Crippen molar-refractivity contribution in [3.63, 3.8) is 0 Å². The number of likely N-dealkylation sites (N-methyl/N-ethyl adjacent to an activating group) is 1. The summed E-state index contributed by atoms with van der Waals surface area (Å²) in [6, 6.07) is 8.36. The van der Waals surface area contributed by atoms with Crippen LogP contribution in [0.3, 0.4) is 0 Å². The molecule has 1 atom stereocenters. The van der Waals surface area contributed by atoms with E-state index in [9.17, 15) is 4.79 Å². The van der Waals surface area contributed by atoms with Crippen molar-refractivity contribution in [3.8, 4) is 11.6 Å². The van der Waals surface area contributed by atoms with Crippen LogP contribution >= 0.6 is 11.8 Å². The molecule has 0 spiro atoms. The van der Waals surface area contributed by atoms with Gasteiger partial charge in [0, 0.05) is 32.4 Å². The first kappa shape index (κ1) is 22.9. The molecule has 1 aliphatic heterocycles. The average molecular weight is 467 g/mol. The number of nitrogens with zero attached hydrogens (tertiary/aromatic N) is 6. The number of carbonyl (C=O) groups is 1. The number of nitrogens with one attached hydrogen (secondary N) is 1. The van der Waals surface area contributed by atoms with Crippen molar-refractivity contribution in [3.05, 3.63) is 48.9 Å². The first-order valence-electron chi connectivity index (χ1n) is 10.6. The number of ether oxygens (including phenoxy) is 1. The van der Waals surface area contributed by atoms with Crippen LogP contribution in [0.15, 0.2) is 58.8 Å². The Morgan fingerprint density at radius 3 is 2.70 bits per heavy atom. The van der Waals surface area contributed by atoms with Crippen LogP contribution in [0.4, 0.5) is 11.8 Å². The van der Waals surface area contributed by atoms with Gasteiger partial charge in [0.2, 0.25) is 17.7 Å². The van der Waals surface area contributed by atoms with Gasteiger partial charge in [0.05, 0.1) is 23.3 Å². The van der Waals surface area contributed by atoms with Crippen LogP contribution in [0.1, 0.15) is 6.92 Å². The quantitative estimate of drug-likeness (QED) is 0.536. The van der Waals surface area contributed by atoms with Gasteiger partial charge >= 0.3 is 0 Å². The van der Waals surface area contributed by atoms with E-state index in [2.05, 4.69) is 37.1 Å². The van der Waals surface area contributed by atoms with Crippen LogP contribution in [0.2, 0.25) is 0 Å². The molecule has 0 saturated carbocycles. The molecule has 0 bridgehead atoms. The Hall–Kier alpha value is -3.28. The Bertz CT molecular complexity index is 1090. The Kier molecular flexibility index (Phi) is 7.33. The van der Waals surface area contributed by atoms with Crippen molar-refractivity contribution in [2.75, 3.05) is 43.4 Å². The number of aromatic nitrogens is 4. The lowest BCUT2D eigenvalue weighted by Crippen LogP contribution is -2.45. The van der Waals surface area contributed by atoms with Crippen LogP contribution in [0, 0.1) is 0 Å². The molecule has 10 nitrogen and oxygen atoms in total. The molecule has 0 radical (unpaired) electrons. The van der Waals surface area contributed by atoms with Gasteiger partial charge in [-0.15, -0.1) is 0 Å². The Balaban J connectivity index is 1.59. The number of carbonyl (C=O) groups excluding carboxylic acids is 1. The highest BCUT2D eigenvalue weighted by Gasteiger charge is 2.20. The fraction of sp³-hybridized carbons (Fsp3) is 0.318. The zero-order valence-corrected chi connectivity index (χ0v) is 19.3. The molecule has 1 unspecified atom stereocenters. The molecule has 3 aromatic rings. The Morgan fingerprint density at radius 1 is 1.15 bits per heavy atom. The minimum absolute atomic E-state index is 0.301. The van der Waals surface area contributed by atoms with E-state index in [4.69, 9.17) is 15.5 Å². The molecule has 3 aromatic heterocycles. The average Bonchev–Trinajstić information content (AvgIpc) is 2.81. The number of piperazine rings is 1. The van der Waals surface area contributed by atoms with Crippen LogP contribution < -0.4 is 20.7 Å². The van der Waals surface area contributed by atoms with Gasteiger partial charge in [-0.1, -0.05) is 17.8 Å². The van der Waals surface area contributed by atoms with E-state index in [1.54, 1.807) is 37.6 Å². The van der Waals surface area contributed by atoms with E-state index >= 15 is 0 Å². The zero-order valence-electron chi connectivity index (χ0n) is 18.5. The van der Waals surface area contributed by atoms with Gasteiger partial charge in [-0.2, -0.15) is 4.98 Å². The number of hydrogen-bond acceptors (Lipinski definition) is 10. The van der Waals surface area contributed by atoms with E-state index in [0.717, 1.165) is 26.2 Å². The number of pyridine rings is 2. The number of amides is 1. The maximum absolute atomic E-state index is 11.9. The van der Waals surface area contributed by atoms with Gasteiger partial charge in [0.15, 0.2) is 0 Å². The molecule has 11 heteroatoms. The van der Waals surface area contributed by atoms with Gasteiger partial charge in [-0.25, -0.2) is 9.97 Å².